The second-order valence-corrected chi connectivity index (χ2v) is 7.64. The van der Waals surface area contributed by atoms with E-state index >= 15 is 0 Å². The highest BCUT2D eigenvalue weighted by Crippen LogP contribution is 2.19. The van der Waals surface area contributed by atoms with Gasteiger partial charge in [-0.3, -0.25) is 5.10 Å². The first kappa shape index (κ1) is 16.7. The van der Waals surface area contributed by atoms with E-state index in [0.29, 0.717) is 0 Å². The number of rotatable bonds is 5. The third kappa shape index (κ3) is 4.46. The average Bonchev–Trinajstić information content (AvgIpc) is 3.01. The summed E-state index contributed by atoms with van der Waals surface area (Å²) in [5.41, 5.74) is 1.89. The molecule has 0 atom stereocenters. The van der Waals surface area contributed by atoms with Crippen LogP contribution in [0.5, 0.6) is 0 Å². The van der Waals surface area contributed by atoms with Gasteiger partial charge in [-0.1, -0.05) is 30.3 Å². The van der Waals surface area contributed by atoms with Crippen molar-refractivity contribution in [3.05, 3.63) is 53.1 Å². The van der Waals surface area contributed by atoms with E-state index in [4.69, 9.17) is 0 Å². The number of anilines is 1. The van der Waals surface area contributed by atoms with Crippen LogP contribution < -0.4 is 9.62 Å². The molecule has 1 aliphatic heterocycles. The molecule has 1 aliphatic rings. The standard InChI is InChI=1S/C17H22N4O2S/c1-14-13-17(19-18-14)21-10-7-16(8-11-21)20-24(22,23)12-9-15-5-3-2-4-6-15/h2-6,9,12-13,16,20H,7-8,10-11H2,1H3,(H,18,19)/b12-9+. The molecule has 1 aromatic heterocycles. The maximum Gasteiger partial charge on any atom is 0.233 e. The van der Waals surface area contributed by atoms with E-state index < -0.39 is 10.0 Å². The zero-order chi connectivity index (χ0) is 17.0. The zero-order valence-electron chi connectivity index (χ0n) is 13.6. The molecule has 0 saturated carbocycles. The Morgan fingerprint density at radius 2 is 1.96 bits per heavy atom. The maximum absolute atomic E-state index is 12.2. The lowest BCUT2D eigenvalue weighted by Crippen LogP contribution is -2.44. The molecule has 1 saturated heterocycles. The number of hydrogen-bond donors (Lipinski definition) is 2. The molecule has 0 amide bonds. The molecule has 128 valence electrons. The van der Waals surface area contributed by atoms with Gasteiger partial charge in [0, 0.05) is 36.3 Å². The minimum Gasteiger partial charge on any atom is -0.355 e. The van der Waals surface area contributed by atoms with Crippen molar-refractivity contribution in [1.29, 1.82) is 0 Å². The molecule has 0 bridgehead atoms. The summed E-state index contributed by atoms with van der Waals surface area (Å²) in [5, 5.41) is 8.43. The number of aryl methyl sites for hydroxylation is 1. The largest absolute Gasteiger partial charge is 0.355 e. The van der Waals surface area contributed by atoms with Crippen molar-refractivity contribution in [3.8, 4) is 0 Å². The summed E-state index contributed by atoms with van der Waals surface area (Å²) in [6.07, 6.45) is 3.15. The van der Waals surface area contributed by atoms with Crippen LogP contribution >= 0.6 is 0 Å². The number of aromatic amines is 1. The number of H-pyrrole nitrogens is 1. The Labute approximate surface area is 142 Å². The SMILES string of the molecule is Cc1cc(N2CCC(NS(=O)(=O)/C=C/c3ccccc3)CC2)n[nH]1. The lowest BCUT2D eigenvalue weighted by Gasteiger charge is -2.31. The van der Waals surface area contributed by atoms with Gasteiger partial charge >= 0.3 is 0 Å². The Morgan fingerprint density at radius 3 is 2.58 bits per heavy atom. The van der Waals surface area contributed by atoms with E-state index in [0.717, 1.165) is 43.0 Å². The van der Waals surface area contributed by atoms with Gasteiger partial charge < -0.3 is 4.90 Å². The van der Waals surface area contributed by atoms with Gasteiger partial charge in [-0.2, -0.15) is 5.10 Å². The first-order valence-electron chi connectivity index (χ1n) is 8.04. The normalized spacial score (nSPS) is 16.8. The molecule has 1 aromatic carbocycles. The lowest BCUT2D eigenvalue weighted by molar-refractivity contribution is 0.461. The van der Waals surface area contributed by atoms with Crippen molar-refractivity contribution >= 4 is 21.9 Å². The highest BCUT2D eigenvalue weighted by Gasteiger charge is 2.23. The third-order valence-corrected chi connectivity index (χ3v) is 5.24. The van der Waals surface area contributed by atoms with Crippen molar-refractivity contribution in [2.24, 2.45) is 0 Å². The molecule has 0 unspecified atom stereocenters. The number of nitrogens with zero attached hydrogens (tertiary/aromatic N) is 2. The fraction of sp³-hybridized carbons (Fsp3) is 0.353. The van der Waals surface area contributed by atoms with Crippen LogP contribution in [0.3, 0.4) is 0 Å². The summed E-state index contributed by atoms with van der Waals surface area (Å²) in [6, 6.07) is 11.4. The topological polar surface area (TPSA) is 78.1 Å². The second kappa shape index (κ2) is 7.19. The molecule has 2 heterocycles. The van der Waals surface area contributed by atoms with Gasteiger partial charge in [0.25, 0.3) is 0 Å². The number of piperidine rings is 1. The van der Waals surface area contributed by atoms with Gasteiger partial charge in [0.1, 0.15) is 0 Å². The molecule has 2 N–H and O–H groups in total. The molecule has 2 aromatic rings. The summed E-state index contributed by atoms with van der Waals surface area (Å²) in [6.45, 7) is 3.55. The Bertz CT molecular complexity index is 791. The lowest BCUT2D eigenvalue weighted by atomic mass is 10.1. The number of sulfonamides is 1. The Balaban J connectivity index is 1.54. The van der Waals surface area contributed by atoms with Crippen molar-refractivity contribution in [1.82, 2.24) is 14.9 Å². The van der Waals surface area contributed by atoms with E-state index in [2.05, 4.69) is 19.8 Å². The summed E-state index contributed by atoms with van der Waals surface area (Å²) >= 11 is 0. The predicted octanol–water partition coefficient (Wildman–Crippen LogP) is 2.28. The van der Waals surface area contributed by atoms with Crippen molar-refractivity contribution in [2.45, 2.75) is 25.8 Å². The van der Waals surface area contributed by atoms with Gasteiger partial charge in [-0.05, 0) is 31.4 Å². The third-order valence-electron chi connectivity index (χ3n) is 4.08. The van der Waals surface area contributed by atoms with E-state index in [9.17, 15) is 8.42 Å². The molecule has 0 radical (unpaired) electrons. The van der Waals surface area contributed by atoms with Crippen LogP contribution in [-0.2, 0) is 10.0 Å². The summed E-state index contributed by atoms with van der Waals surface area (Å²) in [7, 11) is -3.43. The molecule has 7 heteroatoms. The number of benzene rings is 1. The highest BCUT2D eigenvalue weighted by atomic mass is 32.2. The van der Waals surface area contributed by atoms with Crippen LogP contribution in [0.1, 0.15) is 24.1 Å². The van der Waals surface area contributed by atoms with Gasteiger partial charge in [-0.25, -0.2) is 13.1 Å². The Morgan fingerprint density at radius 1 is 1.25 bits per heavy atom. The van der Waals surface area contributed by atoms with Gasteiger partial charge in [0.2, 0.25) is 10.0 Å². The maximum atomic E-state index is 12.2. The van der Waals surface area contributed by atoms with E-state index in [1.807, 2.05) is 43.3 Å². The van der Waals surface area contributed by atoms with Gasteiger partial charge in [0.15, 0.2) is 5.82 Å². The van der Waals surface area contributed by atoms with Crippen LogP contribution in [0.2, 0.25) is 0 Å². The van der Waals surface area contributed by atoms with Crippen LogP contribution in [-0.4, -0.2) is 37.7 Å². The van der Waals surface area contributed by atoms with E-state index in [1.54, 1.807) is 6.08 Å². The number of hydrogen-bond acceptors (Lipinski definition) is 4. The van der Waals surface area contributed by atoms with Crippen molar-refractivity contribution in [2.75, 3.05) is 18.0 Å². The first-order valence-corrected chi connectivity index (χ1v) is 9.59. The number of aromatic nitrogens is 2. The van der Waals surface area contributed by atoms with Gasteiger partial charge in [-0.15, -0.1) is 0 Å². The average molecular weight is 346 g/mol. The van der Waals surface area contributed by atoms with Crippen LogP contribution in [0.15, 0.2) is 41.8 Å². The zero-order valence-corrected chi connectivity index (χ0v) is 14.5. The first-order chi connectivity index (χ1) is 11.5. The van der Waals surface area contributed by atoms with Crippen LogP contribution in [0.4, 0.5) is 5.82 Å². The minimum absolute atomic E-state index is 0.0355. The fourth-order valence-corrected chi connectivity index (χ4v) is 3.91. The van der Waals surface area contributed by atoms with Crippen LogP contribution in [0, 0.1) is 6.92 Å². The minimum atomic E-state index is -3.43. The Kier molecular flexibility index (Phi) is 5.01. The highest BCUT2D eigenvalue weighted by molar-refractivity contribution is 7.92. The van der Waals surface area contributed by atoms with Crippen LogP contribution in [0.25, 0.3) is 6.08 Å². The summed E-state index contributed by atoms with van der Waals surface area (Å²) in [5.74, 6) is 0.929. The molecule has 24 heavy (non-hydrogen) atoms. The van der Waals surface area contributed by atoms with Crippen molar-refractivity contribution in [3.63, 3.8) is 0 Å². The molecule has 6 nitrogen and oxygen atoms in total. The summed E-state index contributed by atoms with van der Waals surface area (Å²) < 4.78 is 27.2. The molecule has 1 fully saturated rings. The quantitative estimate of drug-likeness (QED) is 0.871. The predicted molar refractivity (Wildman–Crippen MR) is 96.1 cm³/mol. The molecular weight excluding hydrogens is 324 g/mol. The molecule has 3 rings (SSSR count). The smallest absolute Gasteiger partial charge is 0.233 e. The van der Waals surface area contributed by atoms with E-state index in [1.165, 1.54) is 5.41 Å². The molecule has 0 spiro atoms. The van der Waals surface area contributed by atoms with Gasteiger partial charge in [0.05, 0.1) is 0 Å². The fourth-order valence-electron chi connectivity index (χ4n) is 2.80. The summed E-state index contributed by atoms with van der Waals surface area (Å²) in [4.78, 5) is 2.17. The van der Waals surface area contributed by atoms with E-state index in [-0.39, 0.29) is 6.04 Å². The Hall–Kier alpha value is -2.12. The second-order valence-electron chi connectivity index (χ2n) is 6.05. The molecular formula is C17H22N4O2S. The monoisotopic (exact) mass is 346 g/mol. The molecule has 0 aliphatic carbocycles. The number of nitrogens with one attached hydrogen (secondary N) is 2. The van der Waals surface area contributed by atoms with Crippen molar-refractivity contribution < 1.29 is 8.42 Å².